The average Bonchev–Trinajstić information content (AvgIpc) is 1.38. The lowest BCUT2D eigenvalue weighted by molar-refractivity contribution is -0.164. The Bertz CT molecular complexity index is 4300. The Morgan fingerprint density at radius 2 is 0.857 bits per heavy atom. The molecule has 0 radical (unpaired) electrons. The molecule has 0 unspecified atom stereocenters. The van der Waals surface area contributed by atoms with Crippen LogP contribution in [0.1, 0.15) is 237 Å². The van der Waals surface area contributed by atoms with Gasteiger partial charge in [0.1, 0.15) is 17.8 Å². The number of halogens is 4. The molecule has 12 saturated carbocycles. The predicted octanol–water partition coefficient (Wildman–Crippen LogP) is 18.3. The zero-order valence-corrected chi connectivity index (χ0v) is 67.7. The first kappa shape index (κ1) is 86.2. The molecule has 12 aliphatic carbocycles. The SMILES string of the molecule is C.C.C.COC[C@@]1(O)CC[C@@]2(C)[C@@H](CC[C@@H]3[C@@H]2CC[C@]2(C)[C@@H](C(=O)CBr)CC[C@@H]32)C1.COC[C@@]1(O)CC[C@@]2(C)[C@@H](CC[C@@H]3[C@@H]2CC[C@]2(C)[C@@H](C(=O)Cn4cc5cc(F)ncc5n4)CC[C@@H]32)C1.COC[C@@]1(O)CC[C@@]2(C)[C@@H](CC[C@@H]3[C@@H]2CC[C@]2(C)[C@@H](C(=O)Cn4ncc5cc(F)ncc54)CC[C@@H]32)C1.Fc1cc2cn[nH]c2cn1. The van der Waals surface area contributed by atoms with Crippen LogP contribution in [0.4, 0.5) is 13.2 Å². The van der Waals surface area contributed by atoms with E-state index in [0.717, 1.165) is 131 Å². The minimum Gasteiger partial charge on any atom is -0.387 e. The van der Waals surface area contributed by atoms with Crippen molar-refractivity contribution in [1.82, 2.24) is 44.7 Å². The summed E-state index contributed by atoms with van der Waals surface area (Å²) in [6.45, 7) is 16.6. The molecule has 6 aromatic rings. The number of aromatic amines is 1. The Labute approximate surface area is 672 Å². The quantitative estimate of drug-likeness (QED) is 0.0585. The monoisotopic (exact) mass is 1620 g/mol. The lowest BCUT2D eigenvalue weighted by Crippen LogP contribution is -2.57. The van der Waals surface area contributed by atoms with E-state index in [1.54, 1.807) is 49.3 Å². The zero-order valence-electron chi connectivity index (χ0n) is 66.1. The van der Waals surface area contributed by atoms with Crippen molar-refractivity contribution in [3.8, 4) is 0 Å². The van der Waals surface area contributed by atoms with Gasteiger partial charge in [-0.2, -0.15) is 28.5 Å². The number of Topliss-reactive ketones (excluding diaryl/α,β-unsaturated/α-hetero) is 3. The van der Waals surface area contributed by atoms with Crippen molar-refractivity contribution in [2.75, 3.05) is 46.5 Å². The number of hydrogen-bond acceptors (Lipinski definition) is 15. The maximum atomic E-state index is 13.7. The van der Waals surface area contributed by atoms with E-state index < -0.39 is 34.6 Å². The number of aromatic nitrogens is 9. The number of H-pyrrole nitrogens is 1. The third-order valence-corrected chi connectivity index (χ3v) is 34.4. The number of ether oxygens (including phenoxy) is 3. The van der Waals surface area contributed by atoms with Crippen LogP contribution in [0.25, 0.3) is 32.7 Å². The number of nitrogens with zero attached hydrogens (tertiary/aromatic N) is 8. The van der Waals surface area contributed by atoms with Crippen LogP contribution in [-0.4, -0.2) is 141 Å². The smallest absolute Gasteiger partial charge is 0.213 e. The standard InChI is InChI=1S/2C29H40FN3O3.C23H37BrO3.C6H4FN3.3CH4/c1-27-10-11-29(35,17-36-3)13-19(27)4-5-20-21-6-7-23(28(21,2)9-8-22(20)27)25(34)16-33-15-18-12-26(30)31-14-24(18)32-33;1-27-10-11-29(35,17-36-3)13-19(27)4-5-20-21-6-7-23(28(21,2)9-8-22(20)27)25(34)16-33-24-15-31-26(30)12-18(24)14-32-33;1-21-10-11-23(26,14-27-3)12-15(21)4-5-16-17-6-7-19(20(25)13-24)22(17,2)9-8-18(16)21;7-6-1-4-2-9-10-5(4)3-8-6;;;/h2*12,14-15,19-23,35H,4-11,13,16-17H2,1-3H3;15-19,26H,4-14H2,1-3H3;1-3H,(H,9,10);3*1H4/t2*19-,20-,21-,22-,23+,27-,28-,29+;15-,16-,17-,18-,19+,21-,22-,23+;;;;/m000..../s1. The molecule has 6 heterocycles. The summed E-state index contributed by atoms with van der Waals surface area (Å²) < 4.78 is 58.8. The maximum Gasteiger partial charge on any atom is 0.213 e. The Hall–Kier alpha value is -5.10. The lowest BCUT2D eigenvalue weighted by atomic mass is 9.44. The number of carbonyl (C=O) groups excluding carboxylic acids is 3. The molecule has 620 valence electrons. The Kier molecular flexibility index (Phi) is 25.4. The molecule has 24 atom stereocenters. The zero-order chi connectivity index (χ0) is 77.0. The van der Waals surface area contributed by atoms with Crippen LogP contribution < -0.4 is 0 Å². The Balaban J connectivity index is 0.000000146. The van der Waals surface area contributed by atoms with E-state index in [0.29, 0.717) is 111 Å². The first-order chi connectivity index (χ1) is 51.9. The molecule has 0 saturated heterocycles. The van der Waals surface area contributed by atoms with Gasteiger partial charge in [0.2, 0.25) is 17.8 Å². The minimum absolute atomic E-state index is 0. The second-order valence-electron chi connectivity index (χ2n) is 38.8. The molecule has 22 heteroatoms. The highest BCUT2D eigenvalue weighted by Gasteiger charge is 2.66. The van der Waals surface area contributed by atoms with Gasteiger partial charge in [0, 0.05) is 79.6 Å². The summed E-state index contributed by atoms with van der Waals surface area (Å²) in [5, 5.41) is 51.0. The van der Waals surface area contributed by atoms with Gasteiger partial charge in [-0.25, -0.2) is 15.0 Å². The molecule has 12 aliphatic rings. The topological polar surface area (TPSA) is 243 Å². The molecule has 18 nitrogen and oxygen atoms in total. The number of ketones is 3. The molecule has 4 N–H and O–H groups in total. The van der Waals surface area contributed by atoms with Crippen molar-refractivity contribution in [1.29, 1.82) is 0 Å². The number of rotatable bonds is 14. The van der Waals surface area contributed by atoms with Gasteiger partial charge in [0.25, 0.3) is 0 Å². The molecule has 0 aliphatic heterocycles. The van der Waals surface area contributed by atoms with Gasteiger partial charge in [0.05, 0.1) is 90.5 Å². The summed E-state index contributed by atoms with van der Waals surface area (Å²) in [5.41, 5.74) is 1.37. The van der Waals surface area contributed by atoms with Gasteiger partial charge in [-0.3, -0.25) is 28.8 Å². The number of pyridine rings is 3. The molecule has 12 fully saturated rings. The van der Waals surface area contributed by atoms with Crippen molar-refractivity contribution in [2.45, 2.75) is 267 Å². The third-order valence-electron chi connectivity index (χ3n) is 33.8. The van der Waals surface area contributed by atoms with Gasteiger partial charge in [-0.1, -0.05) is 79.8 Å². The van der Waals surface area contributed by atoms with E-state index in [9.17, 15) is 42.9 Å². The number of hydrogen-bond donors (Lipinski definition) is 4. The highest BCUT2D eigenvalue weighted by Crippen LogP contribution is 2.72. The molecule has 18 rings (SSSR count). The number of alkyl halides is 1. The van der Waals surface area contributed by atoms with Gasteiger partial charge < -0.3 is 29.5 Å². The van der Waals surface area contributed by atoms with Crippen LogP contribution in [0.2, 0.25) is 0 Å². The van der Waals surface area contributed by atoms with Gasteiger partial charge in [-0.15, -0.1) is 0 Å². The lowest BCUT2D eigenvalue weighted by Gasteiger charge is -2.62. The summed E-state index contributed by atoms with van der Waals surface area (Å²) in [7, 11) is 5.08. The highest BCUT2D eigenvalue weighted by atomic mass is 79.9. The van der Waals surface area contributed by atoms with Crippen molar-refractivity contribution in [3.05, 3.63) is 73.2 Å². The summed E-state index contributed by atoms with van der Waals surface area (Å²) >= 11 is 3.43. The fraction of sp³-hybridized carbons (Fsp3) is 0.767. The molecule has 0 spiro atoms. The number of methoxy groups -OCH3 is 3. The van der Waals surface area contributed by atoms with Gasteiger partial charge >= 0.3 is 0 Å². The van der Waals surface area contributed by atoms with Crippen molar-refractivity contribution in [3.63, 3.8) is 0 Å². The number of nitrogens with one attached hydrogen (secondary N) is 1. The molecular weight excluding hydrogens is 1490 g/mol. The highest BCUT2D eigenvalue weighted by molar-refractivity contribution is 9.09. The minimum atomic E-state index is -0.669. The normalized spacial score (nSPS) is 40.5. The van der Waals surface area contributed by atoms with E-state index in [-0.39, 0.29) is 91.8 Å². The van der Waals surface area contributed by atoms with Crippen LogP contribution in [-0.2, 0) is 41.7 Å². The van der Waals surface area contributed by atoms with E-state index in [2.05, 4.69) is 92.8 Å². The van der Waals surface area contributed by atoms with Crippen LogP contribution in [0.3, 0.4) is 0 Å². The number of aliphatic hydroxyl groups is 3. The second-order valence-corrected chi connectivity index (χ2v) is 39.4. The number of fused-ring (bicyclic) bond motifs is 18. The van der Waals surface area contributed by atoms with Crippen molar-refractivity contribution < 1.29 is 57.1 Å². The van der Waals surface area contributed by atoms with Crippen LogP contribution in [0.5, 0.6) is 0 Å². The Morgan fingerprint density at radius 3 is 1.29 bits per heavy atom. The van der Waals surface area contributed by atoms with Crippen molar-refractivity contribution >= 4 is 66.0 Å². The van der Waals surface area contributed by atoms with Crippen LogP contribution in [0.15, 0.2) is 55.4 Å². The fourth-order valence-electron chi connectivity index (χ4n) is 28.3. The summed E-state index contributed by atoms with van der Waals surface area (Å²) in [5.74, 6) is 7.75. The molecule has 0 amide bonds. The summed E-state index contributed by atoms with van der Waals surface area (Å²) in [4.78, 5) is 50.7. The second kappa shape index (κ2) is 33.0. The molecule has 0 bridgehead atoms. The van der Waals surface area contributed by atoms with Gasteiger partial charge in [-0.05, 0) is 277 Å². The van der Waals surface area contributed by atoms with E-state index in [1.165, 1.54) is 107 Å². The third kappa shape index (κ3) is 15.4. The molecule has 0 aromatic carbocycles. The predicted molar refractivity (Wildman–Crippen MR) is 434 cm³/mol. The maximum absolute atomic E-state index is 13.7. The largest absolute Gasteiger partial charge is 0.387 e. The van der Waals surface area contributed by atoms with Crippen molar-refractivity contribution in [2.24, 2.45) is 121 Å². The first-order valence-corrected chi connectivity index (χ1v) is 42.8. The summed E-state index contributed by atoms with van der Waals surface area (Å²) in [6, 6.07) is 4.07. The van der Waals surface area contributed by atoms with E-state index in [1.807, 2.05) is 0 Å². The first-order valence-electron chi connectivity index (χ1n) is 41.6. The Morgan fingerprint density at radius 1 is 0.464 bits per heavy atom. The fourth-order valence-corrected chi connectivity index (χ4v) is 28.7. The number of carbonyl (C=O) groups is 3. The average molecular weight is 1620 g/mol. The molecule has 112 heavy (non-hydrogen) atoms. The molecule has 6 aromatic heterocycles. The summed E-state index contributed by atoms with van der Waals surface area (Å²) in [6.07, 6.45) is 38.7. The van der Waals surface area contributed by atoms with Crippen LogP contribution in [0, 0.1) is 139 Å². The van der Waals surface area contributed by atoms with E-state index in [4.69, 9.17) is 14.2 Å². The van der Waals surface area contributed by atoms with Gasteiger partial charge in [0.15, 0.2) is 11.6 Å². The molecular formula is C90H133BrF3N9O9. The van der Waals surface area contributed by atoms with E-state index >= 15 is 0 Å². The van der Waals surface area contributed by atoms with Crippen LogP contribution >= 0.6 is 15.9 Å².